The van der Waals surface area contributed by atoms with Crippen molar-refractivity contribution >= 4 is 80.9 Å². The molecule has 3 heterocycles. The van der Waals surface area contributed by atoms with E-state index in [1.807, 2.05) is 22.6 Å². The summed E-state index contributed by atoms with van der Waals surface area (Å²) in [6.07, 6.45) is -3.17. The molecule has 2 aliphatic heterocycles. The number of nitrogens with one attached hydrogen (secondary N) is 1. The number of aromatic nitrogens is 1. The van der Waals surface area contributed by atoms with Crippen molar-refractivity contribution in [3.63, 3.8) is 0 Å². The lowest BCUT2D eigenvalue weighted by molar-refractivity contribution is -0.142. The van der Waals surface area contributed by atoms with Gasteiger partial charge in [0.2, 0.25) is 0 Å². The Morgan fingerprint density at radius 3 is 2.31 bits per heavy atom. The standard InChI is InChI=1S/C40H30Cl2F4IN5O6/c1-50(34-27(42)13-14-30(48-34)40(44,45)46)52-35(54)24-12-11-23-25(31(24)37(52)56)17-26-36(55)51(49-22-9-7-21(43)8-10-22)38(57)39(26,19-3-5-20(41)6-4-19)32(23)18-15-28(47)33(53)29(16-18)58-2/h3-11,13-16,24-26,31-32,49,53H,12,17H2,1-2H3. The van der Waals surface area contributed by atoms with Gasteiger partial charge in [-0.05, 0) is 113 Å². The molecular formula is C40H30Cl2F4IN5O6. The largest absolute Gasteiger partial charge is 0.504 e. The minimum atomic E-state index is -4.85. The SMILES string of the molecule is COc1cc(C2C3=CCC4C(=O)N(N(C)c5nc(C(F)(F)F)ccc5Cl)C(=O)C4C3CC3C(=O)N(Nc4ccc(F)cc4)C(=O)C32c2ccc(Cl)cc2)cc(I)c1O. The van der Waals surface area contributed by atoms with Gasteiger partial charge in [-0.1, -0.05) is 47.0 Å². The van der Waals surface area contributed by atoms with Crippen LogP contribution in [0.1, 0.15) is 35.6 Å². The van der Waals surface area contributed by atoms with Gasteiger partial charge in [-0.3, -0.25) is 29.6 Å². The number of phenols is 1. The van der Waals surface area contributed by atoms with Gasteiger partial charge in [-0.15, -0.1) is 0 Å². The molecule has 8 rings (SSSR count). The predicted molar refractivity (Wildman–Crippen MR) is 211 cm³/mol. The summed E-state index contributed by atoms with van der Waals surface area (Å²) in [5.74, 6) is -9.07. The number of hydrazine groups is 2. The zero-order valence-corrected chi connectivity index (χ0v) is 33.9. The number of nitrogens with zero attached hydrogens (tertiary/aromatic N) is 4. The van der Waals surface area contributed by atoms with E-state index in [4.69, 9.17) is 27.9 Å². The Bertz CT molecular complexity index is 2440. The van der Waals surface area contributed by atoms with Crippen molar-refractivity contribution in [1.29, 1.82) is 0 Å². The second-order valence-corrected chi connectivity index (χ2v) is 16.4. The molecule has 3 fully saturated rings. The first-order valence-corrected chi connectivity index (χ1v) is 19.6. The molecule has 11 nitrogen and oxygen atoms in total. The van der Waals surface area contributed by atoms with E-state index in [2.05, 4.69) is 10.4 Å². The van der Waals surface area contributed by atoms with E-state index in [9.17, 15) is 37.1 Å². The van der Waals surface area contributed by atoms with Crippen molar-refractivity contribution in [3.8, 4) is 11.5 Å². The number of imide groups is 2. The van der Waals surface area contributed by atoms with E-state index in [1.165, 1.54) is 26.3 Å². The van der Waals surface area contributed by atoms with E-state index in [0.717, 1.165) is 33.2 Å². The number of pyridine rings is 1. The Balaban J connectivity index is 1.30. The third kappa shape index (κ3) is 6.08. The quantitative estimate of drug-likeness (QED) is 0.0822. The van der Waals surface area contributed by atoms with Gasteiger partial charge >= 0.3 is 6.18 Å². The van der Waals surface area contributed by atoms with Crippen LogP contribution in [0.4, 0.5) is 29.1 Å². The number of ether oxygens (including phenoxy) is 1. The summed E-state index contributed by atoms with van der Waals surface area (Å²) in [5.41, 5.74) is 1.53. The molecule has 1 saturated carbocycles. The van der Waals surface area contributed by atoms with Crippen LogP contribution >= 0.6 is 45.8 Å². The van der Waals surface area contributed by atoms with Crippen molar-refractivity contribution in [2.24, 2.45) is 23.7 Å². The Morgan fingerprint density at radius 2 is 1.66 bits per heavy atom. The fraction of sp³-hybridized carbons (Fsp3) is 0.275. The number of carbonyl (C=O) groups excluding carboxylic acids is 4. The monoisotopic (exact) mass is 949 g/mol. The molecule has 18 heteroatoms. The number of methoxy groups -OCH3 is 1. The average molecular weight is 951 g/mol. The zero-order valence-electron chi connectivity index (χ0n) is 30.2. The number of phenolic OH excluding ortho intramolecular Hbond substituents is 1. The summed E-state index contributed by atoms with van der Waals surface area (Å²) in [4.78, 5) is 62.8. The zero-order chi connectivity index (χ0) is 41.6. The second kappa shape index (κ2) is 14.4. The topological polar surface area (TPSA) is 132 Å². The lowest BCUT2D eigenvalue weighted by atomic mass is 9.49. The second-order valence-electron chi connectivity index (χ2n) is 14.4. The van der Waals surface area contributed by atoms with Gasteiger partial charge in [0, 0.05) is 18.0 Å². The summed E-state index contributed by atoms with van der Waals surface area (Å²) in [6, 6.07) is 16.4. The van der Waals surface area contributed by atoms with Gasteiger partial charge in [0.15, 0.2) is 17.3 Å². The van der Waals surface area contributed by atoms with Gasteiger partial charge in [-0.2, -0.15) is 23.2 Å². The van der Waals surface area contributed by atoms with Crippen molar-refractivity contribution in [2.45, 2.75) is 30.4 Å². The fourth-order valence-electron chi connectivity index (χ4n) is 9.14. The molecule has 4 aromatic rings. The molecule has 0 bridgehead atoms. The highest BCUT2D eigenvalue weighted by atomic mass is 127. The lowest BCUT2D eigenvalue weighted by Crippen LogP contribution is -2.53. The van der Waals surface area contributed by atoms with Crippen molar-refractivity contribution in [1.82, 2.24) is 15.0 Å². The predicted octanol–water partition coefficient (Wildman–Crippen LogP) is 7.90. The van der Waals surface area contributed by atoms with E-state index in [0.29, 0.717) is 31.4 Å². The molecule has 2 N–H and O–H groups in total. The molecular weight excluding hydrogens is 920 g/mol. The first kappa shape index (κ1) is 39.9. The Kier molecular flexibility index (Phi) is 9.90. The molecule has 6 atom stereocenters. The number of halogens is 7. The molecule has 300 valence electrons. The molecule has 58 heavy (non-hydrogen) atoms. The van der Waals surface area contributed by atoms with Crippen LogP contribution in [0.3, 0.4) is 0 Å². The number of fused-ring (bicyclic) bond motifs is 4. The number of carbonyl (C=O) groups is 4. The van der Waals surface area contributed by atoms with Crippen LogP contribution in [-0.4, -0.2) is 57.9 Å². The summed E-state index contributed by atoms with van der Waals surface area (Å²) >= 11 is 14.6. The maximum atomic E-state index is 15.4. The molecule has 2 aliphatic carbocycles. The number of rotatable bonds is 7. The minimum absolute atomic E-state index is 0.000972. The van der Waals surface area contributed by atoms with Crippen molar-refractivity contribution in [3.05, 3.63) is 121 Å². The molecule has 0 radical (unpaired) electrons. The first-order valence-electron chi connectivity index (χ1n) is 17.8. The van der Waals surface area contributed by atoms with E-state index < -0.39 is 82.1 Å². The van der Waals surface area contributed by atoms with Crippen LogP contribution < -0.4 is 15.2 Å². The van der Waals surface area contributed by atoms with Crippen LogP contribution in [0, 0.1) is 33.1 Å². The highest BCUT2D eigenvalue weighted by Gasteiger charge is 2.70. The van der Waals surface area contributed by atoms with Crippen LogP contribution in [0.25, 0.3) is 0 Å². The number of anilines is 2. The highest BCUT2D eigenvalue weighted by Crippen LogP contribution is 2.64. The van der Waals surface area contributed by atoms with E-state index >= 15 is 4.79 Å². The smallest absolute Gasteiger partial charge is 0.433 e. The van der Waals surface area contributed by atoms with Crippen LogP contribution in [0.5, 0.6) is 11.5 Å². The maximum absolute atomic E-state index is 15.4. The van der Waals surface area contributed by atoms with E-state index in [-0.39, 0.29) is 35.1 Å². The first-order chi connectivity index (χ1) is 27.5. The van der Waals surface area contributed by atoms with Gasteiger partial charge in [-0.25, -0.2) is 9.37 Å². The Labute approximate surface area is 351 Å². The normalized spacial score (nSPS) is 25.3. The van der Waals surface area contributed by atoms with Gasteiger partial charge < -0.3 is 9.84 Å². The number of allylic oxidation sites excluding steroid dienone is 2. The number of hydrogen-bond acceptors (Lipinski definition) is 9. The molecule has 0 spiro atoms. The van der Waals surface area contributed by atoms with Crippen LogP contribution in [0.15, 0.2) is 84.4 Å². The molecule has 3 aromatic carbocycles. The summed E-state index contributed by atoms with van der Waals surface area (Å²) < 4.78 is 61.0. The van der Waals surface area contributed by atoms with Gasteiger partial charge in [0.1, 0.15) is 11.5 Å². The lowest BCUT2D eigenvalue weighted by Gasteiger charge is -2.50. The molecule has 1 aromatic heterocycles. The third-order valence-corrected chi connectivity index (χ3v) is 12.9. The average Bonchev–Trinajstić information content (AvgIpc) is 3.57. The number of hydrogen-bond donors (Lipinski definition) is 2. The highest BCUT2D eigenvalue weighted by molar-refractivity contribution is 14.1. The molecule has 2 saturated heterocycles. The Morgan fingerprint density at radius 1 is 0.966 bits per heavy atom. The van der Waals surface area contributed by atoms with Gasteiger partial charge in [0.25, 0.3) is 23.6 Å². The Hall–Kier alpha value is -4.94. The fourth-order valence-corrected chi connectivity index (χ4v) is 10.1. The third-order valence-electron chi connectivity index (χ3n) is 11.6. The summed E-state index contributed by atoms with van der Waals surface area (Å²) in [6.45, 7) is 0. The number of aromatic hydroxyl groups is 1. The van der Waals surface area contributed by atoms with Gasteiger partial charge in [0.05, 0.1) is 44.6 Å². The van der Waals surface area contributed by atoms with Crippen molar-refractivity contribution in [2.75, 3.05) is 24.6 Å². The molecule has 4 aliphatic rings. The minimum Gasteiger partial charge on any atom is -0.504 e. The number of benzene rings is 3. The maximum Gasteiger partial charge on any atom is 0.433 e. The van der Waals surface area contributed by atoms with Crippen LogP contribution in [-0.2, 0) is 30.8 Å². The summed E-state index contributed by atoms with van der Waals surface area (Å²) in [5, 5.41) is 13.6. The summed E-state index contributed by atoms with van der Waals surface area (Å²) in [7, 11) is 2.58. The molecule has 6 unspecified atom stereocenters. The number of amides is 4. The van der Waals surface area contributed by atoms with Crippen molar-refractivity contribution < 1.29 is 46.6 Å². The van der Waals surface area contributed by atoms with Crippen LogP contribution in [0.2, 0.25) is 10.0 Å². The number of alkyl halides is 3. The van der Waals surface area contributed by atoms with E-state index in [1.54, 1.807) is 42.5 Å². The molecule has 4 amide bonds.